The molecule has 0 aliphatic heterocycles. The summed E-state index contributed by atoms with van der Waals surface area (Å²) in [7, 11) is 1.62. The number of carbonyl (C=O) groups is 1. The highest BCUT2D eigenvalue weighted by atomic mass is 16.5. The Hall–Kier alpha value is -3.53. The van der Waals surface area contributed by atoms with Crippen LogP contribution in [-0.4, -0.2) is 42.1 Å². The normalized spacial score (nSPS) is 14.3. The summed E-state index contributed by atoms with van der Waals surface area (Å²) in [5, 5.41) is 16.8. The number of aliphatic carboxylic acids is 1. The Morgan fingerprint density at radius 1 is 1.20 bits per heavy atom. The molecule has 1 saturated carbocycles. The monoisotopic (exact) mass is 476 g/mol. The summed E-state index contributed by atoms with van der Waals surface area (Å²) >= 11 is 0. The van der Waals surface area contributed by atoms with Gasteiger partial charge in [0.2, 0.25) is 0 Å². The highest BCUT2D eigenvalue weighted by molar-refractivity contribution is 5.81. The third-order valence-electron chi connectivity index (χ3n) is 6.63. The molecule has 35 heavy (non-hydrogen) atoms. The van der Waals surface area contributed by atoms with Gasteiger partial charge in [-0.05, 0) is 61.4 Å². The first-order chi connectivity index (χ1) is 16.9. The lowest BCUT2D eigenvalue weighted by atomic mass is 9.89. The van der Waals surface area contributed by atoms with Gasteiger partial charge in [-0.3, -0.25) is 4.79 Å². The van der Waals surface area contributed by atoms with Crippen molar-refractivity contribution in [2.24, 2.45) is 11.0 Å². The van der Waals surface area contributed by atoms with Gasteiger partial charge in [0, 0.05) is 25.2 Å². The lowest BCUT2D eigenvalue weighted by Gasteiger charge is -2.27. The van der Waals surface area contributed by atoms with Gasteiger partial charge in [-0.25, -0.2) is 0 Å². The van der Waals surface area contributed by atoms with Crippen molar-refractivity contribution in [3.8, 4) is 16.9 Å². The van der Waals surface area contributed by atoms with Gasteiger partial charge in [0.15, 0.2) is 0 Å². The van der Waals surface area contributed by atoms with E-state index in [1.807, 2.05) is 18.2 Å². The van der Waals surface area contributed by atoms with Crippen LogP contribution in [0.3, 0.4) is 0 Å². The molecular formula is C28H36N4O3. The third-order valence-corrected chi connectivity index (χ3v) is 6.63. The summed E-state index contributed by atoms with van der Waals surface area (Å²) in [6.07, 6.45) is 6.25. The predicted octanol–water partition coefficient (Wildman–Crippen LogP) is 5.48. The van der Waals surface area contributed by atoms with E-state index in [1.165, 1.54) is 32.1 Å². The van der Waals surface area contributed by atoms with E-state index >= 15 is 0 Å². The summed E-state index contributed by atoms with van der Waals surface area (Å²) < 4.78 is 5.63. The Bertz CT molecular complexity index is 1080. The van der Waals surface area contributed by atoms with Crippen molar-refractivity contribution in [1.82, 2.24) is 10.2 Å². The zero-order valence-corrected chi connectivity index (χ0v) is 21.0. The fourth-order valence-corrected chi connectivity index (χ4v) is 4.79. The van der Waals surface area contributed by atoms with Gasteiger partial charge in [0.1, 0.15) is 10.9 Å². The van der Waals surface area contributed by atoms with Gasteiger partial charge in [-0.1, -0.05) is 49.1 Å². The van der Waals surface area contributed by atoms with Crippen LogP contribution in [0.2, 0.25) is 0 Å². The van der Waals surface area contributed by atoms with Crippen molar-refractivity contribution in [2.45, 2.75) is 58.9 Å². The first-order valence-electron chi connectivity index (χ1n) is 12.4. The Kier molecular flexibility index (Phi) is 9.54. The van der Waals surface area contributed by atoms with Crippen molar-refractivity contribution in [1.29, 1.82) is 0 Å². The second-order valence-corrected chi connectivity index (χ2v) is 9.19. The Balaban J connectivity index is 1.91. The maximum absolute atomic E-state index is 11.3. The molecule has 2 aromatic carbocycles. The number of nitrogens with zero attached hydrogens (tertiary/aromatic N) is 3. The molecular weight excluding hydrogens is 440 g/mol. The molecule has 0 bridgehead atoms. The Morgan fingerprint density at radius 2 is 1.97 bits per heavy atom. The van der Waals surface area contributed by atoms with Crippen LogP contribution in [0.1, 0.15) is 55.7 Å². The number of rotatable bonds is 9. The average molecular weight is 477 g/mol. The second-order valence-electron chi connectivity index (χ2n) is 9.19. The number of nitrogens with one attached hydrogen (secondary N) is 1. The third kappa shape index (κ3) is 7.22. The molecule has 0 atom stereocenters. The zero-order valence-electron chi connectivity index (χ0n) is 21.0. The minimum atomic E-state index is -0.869. The summed E-state index contributed by atoms with van der Waals surface area (Å²) in [5.41, 5.74) is 4.74. The van der Waals surface area contributed by atoms with Crippen molar-refractivity contribution in [3.05, 3.63) is 64.6 Å². The number of guanidine groups is 1. The van der Waals surface area contributed by atoms with Gasteiger partial charge in [0.05, 0.1) is 13.5 Å². The van der Waals surface area contributed by atoms with Crippen LogP contribution in [0.25, 0.3) is 16.1 Å². The van der Waals surface area contributed by atoms with Gasteiger partial charge >= 0.3 is 5.97 Å². The molecule has 7 nitrogen and oxygen atoms in total. The number of methoxy groups -OCH3 is 1. The molecule has 0 amide bonds. The summed E-state index contributed by atoms with van der Waals surface area (Å²) in [6, 6.07) is 11.8. The molecule has 7 heteroatoms. The first-order valence-corrected chi connectivity index (χ1v) is 12.4. The van der Waals surface area contributed by atoms with Gasteiger partial charge in [0.25, 0.3) is 5.96 Å². The number of carboxylic acid groups (broad SMARTS) is 1. The van der Waals surface area contributed by atoms with Crippen LogP contribution >= 0.6 is 0 Å². The molecule has 0 radical (unpaired) electrons. The molecule has 2 aromatic rings. The fraction of sp³-hybridized carbons (Fsp3) is 0.464. The molecule has 0 spiro atoms. The van der Waals surface area contributed by atoms with Crippen LogP contribution in [0, 0.1) is 19.4 Å². The lowest BCUT2D eigenvalue weighted by Crippen LogP contribution is -2.42. The van der Waals surface area contributed by atoms with E-state index in [9.17, 15) is 9.90 Å². The predicted molar refractivity (Wildman–Crippen MR) is 139 cm³/mol. The van der Waals surface area contributed by atoms with Crippen LogP contribution in [0.4, 0.5) is 0 Å². The fourth-order valence-electron chi connectivity index (χ4n) is 4.79. The first kappa shape index (κ1) is 26.1. The molecule has 1 aliphatic carbocycles. The average Bonchev–Trinajstić information content (AvgIpc) is 2.85. The topological polar surface area (TPSA) is 78.5 Å². The number of hydrogen-bond acceptors (Lipinski definition) is 3. The molecule has 0 aromatic heterocycles. The molecule has 1 aliphatic rings. The van der Waals surface area contributed by atoms with Crippen molar-refractivity contribution < 1.29 is 14.6 Å². The second kappa shape index (κ2) is 12.8. The number of ether oxygens (including phenoxy) is 1. The van der Waals surface area contributed by atoms with Crippen LogP contribution < -0.4 is 10.1 Å². The van der Waals surface area contributed by atoms with Crippen molar-refractivity contribution in [2.75, 3.05) is 20.2 Å². The highest BCUT2D eigenvalue weighted by Crippen LogP contribution is 2.34. The summed E-state index contributed by atoms with van der Waals surface area (Å²) in [6.45, 7) is 13.5. The number of carboxylic acids is 1. The molecule has 1 fully saturated rings. The van der Waals surface area contributed by atoms with E-state index in [0.29, 0.717) is 30.7 Å². The largest absolute Gasteiger partial charge is 0.496 e. The van der Waals surface area contributed by atoms with Crippen molar-refractivity contribution >= 4 is 11.9 Å². The van der Waals surface area contributed by atoms with Crippen LogP contribution in [-0.2, 0) is 17.8 Å². The van der Waals surface area contributed by atoms with E-state index < -0.39 is 5.97 Å². The van der Waals surface area contributed by atoms with Crippen LogP contribution in [0.15, 0.2) is 41.5 Å². The SMILES string of the molecule is [C-]#[N+]/N=C(\NCC1CCCCC1)N(CC)Cc1cc(C)ccc1-c1cc(CC(=O)O)ccc1OC. The number of aryl methyl sites for hydroxylation is 1. The van der Waals surface area contributed by atoms with Gasteiger partial charge in [-0.15, -0.1) is 4.95 Å². The van der Waals surface area contributed by atoms with Crippen LogP contribution in [0.5, 0.6) is 5.75 Å². The lowest BCUT2D eigenvalue weighted by molar-refractivity contribution is -0.136. The summed E-state index contributed by atoms with van der Waals surface area (Å²) in [5.74, 6) is 1.05. The molecule has 0 unspecified atom stereocenters. The molecule has 3 rings (SSSR count). The van der Waals surface area contributed by atoms with E-state index in [1.54, 1.807) is 13.2 Å². The van der Waals surface area contributed by atoms with E-state index in [2.05, 4.69) is 46.3 Å². The summed E-state index contributed by atoms with van der Waals surface area (Å²) in [4.78, 5) is 16.7. The smallest absolute Gasteiger partial charge is 0.307 e. The molecule has 0 saturated heterocycles. The minimum Gasteiger partial charge on any atom is -0.496 e. The molecule has 0 heterocycles. The highest BCUT2D eigenvalue weighted by Gasteiger charge is 2.20. The Labute approximate surface area is 208 Å². The van der Waals surface area contributed by atoms with Gasteiger partial charge in [-0.2, -0.15) is 6.57 Å². The number of benzene rings is 2. The Morgan fingerprint density at radius 3 is 2.63 bits per heavy atom. The minimum absolute atomic E-state index is 0.0494. The van der Waals surface area contributed by atoms with E-state index in [4.69, 9.17) is 11.3 Å². The van der Waals surface area contributed by atoms with E-state index in [0.717, 1.165) is 34.4 Å². The molecule has 2 N–H and O–H groups in total. The zero-order chi connectivity index (χ0) is 25.2. The van der Waals surface area contributed by atoms with Gasteiger partial charge < -0.3 is 20.1 Å². The maximum atomic E-state index is 11.3. The molecule has 186 valence electrons. The number of hydrogen-bond donors (Lipinski definition) is 2. The van der Waals surface area contributed by atoms with E-state index in [-0.39, 0.29) is 6.42 Å². The maximum Gasteiger partial charge on any atom is 0.307 e. The quantitative estimate of drug-likeness (QED) is 0.217. The standard InChI is InChI=1S/C28H36N4O3/c1-5-32(28(31-29-3)30-18-21-9-7-6-8-10-21)19-23-15-20(2)11-13-24(23)25-16-22(17-27(33)34)12-14-26(25)35-4/h11-16,21H,5-10,17-19H2,1-2,4H3,(H,30,31)(H,33,34). The van der Waals surface area contributed by atoms with Crippen molar-refractivity contribution in [3.63, 3.8) is 0 Å².